The molecule has 0 radical (unpaired) electrons. The van der Waals surface area contributed by atoms with Crippen LogP contribution in [0.3, 0.4) is 0 Å². The predicted octanol–water partition coefficient (Wildman–Crippen LogP) is 2.74. The number of benzene rings is 1. The van der Waals surface area contributed by atoms with Crippen LogP contribution in [0, 0.1) is 0 Å². The van der Waals surface area contributed by atoms with E-state index in [9.17, 15) is 26.4 Å². The van der Waals surface area contributed by atoms with E-state index in [0.717, 1.165) is 12.1 Å². The Morgan fingerprint density at radius 1 is 1.19 bits per heavy atom. The molecule has 0 spiro atoms. The lowest BCUT2D eigenvalue weighted by atomic mass is 10.0. The largest absolute Gasteiger partial charge is 0.573 e. The summed E-state index contributed by atoms with van der Waals surface area (Å²) in [4.78, 5) is 12.3. The Kier molecular flexibility index (Phi) is 4.27. The number of ether oxygens (including phenoxy) is 1. The van der Waals surface area contributed by atoms with Crippen molar-refractivity contribution in [3.63, 3.8) is 0 Å². The number of carbonyl (C=O) groups excluding carboxylic acids is 1. The molecule has 1 aromatic rings. The number of para-hydroxylation sites is 1. The fourth-order valence-corrected chi connectivity index (χ4v) is 4.18. The number of rotatable bonds is 3. The first kappa shape index (κ1) is 15.8. The van der Waals surface area contributed by atoms with Crippen LogP contribution in [0.25, 0.3) is 0 Å². The van der Waals surface area contributed by atoms with E-state index in [1.54, 1.807) is 0 Å². The molecule has 1 heterocycles. The number of hydrogen-bond donors (Lipinski definition) is 0. The molecule has 2 rings (SSSR count). The minimum atomic E-state index is -4.94. The molecule has 21 heavy (non-hydrogen) atoms. The lowest BCUT2D eigenvalue weighted by Gasteiger charge is -2.22. The third-order valence-corrected chi connectivity index (χ3v) is 5.42. The van der Waals surface area contributed by atoms with Gasteiger partial charge in [0.1, 0.15) is 11.0 Å². The second-order valence-electron chi connectivity index (χ2n) is 4.76. The molecule has 0 amide bonds. The second-order valence-corrected chi connectivity index (χ2v) is 7.06. The number of ketones is 1. The van der Waals surface area contributed by atoms with Crippen LogP contribution in [-0.2, 0) is 9.84 Å². The van der Waals surface area contributed by atoms with E-state index >= 15 is 0 Å². The van der Waals surface area contributed by atoms with Crippen molar-refractivity contribution in [3.05, 3.63) is 29.8 Å². The maximum absolute atomic E-state index is 12.3. The summed E-state index contributed by atoms with van der Waals surface area (Å²) in [5, 5.41) is -1.29. The molecule has 1 aliphatic heterocycles. The molecule has 0 bridgehead atoms. The van der Waals surface area contributed by atoms with Gasteiger partial charge in [0.05, 0.1) is 11.3 Å². The molecule has 116 valence electrons. The fraction of sp³-hybridized carbons (Fsp3) is 0.462. The Labute approximate surface area is 119 Å². The van der Waals surface area contributed by atoms with Crippen LogP contribution < -0.4 is 4.74 Å². The van der Waals surface area contributed by atoms with Gasteiger partial charge in [-0.2, -0.15) is 0 Å². The first-order chi connectivity index (χ1) is 9.71. The zero-order valence-corrected chi connectivity index (χ0v) is 11.7. The van der Waals surface area contributed by atoms with Crippen LogP contribution in [0.5, 0.6) is 5.75 Å². The summed E-state index contributed by atoms with van der Waals surface area (Å²) in [6, 6.07) is 4.79. The van der Waals surface area contributed by atoms with Crippen molar-refractivity contribution in [3.8, 4) is 5.75 Å². The summed E-state index contributed by atoms with van der Waals surface area (Å²) in [6.45, 7) is 0. The van der Waals surface area contributed by atoms with E-state index in [-0.39, 0.29) is 17.7 Å². The minimum Gasteiger partial charge on any atom is -0.405 e. The SMILES string of the molecule is O=C(c1ccccc1OC(F)(F)F)C1CCCCS1(=O)=O. The van der Waals surface area contributed by atoms with Gasteiger partial charge in [0.2, 0.25) is 0 Å². The highest BCUT2D eigenvalue weighted by Crippen LogP contribution is 2.30. The van der Waals surface area contributed by atoms with Gasteiger partial charge in [0.25, 0.3) is 0 Å². The molecule has 0 saturated carbocycles. The third-order valence-electron chi connectivity index (χ3n) is 3.25. The molecular formula is C13H13F3O4S. The summed E-state index contributed by atoms with van der Waals surface area (Å²) < 4.78 is 64.6. The third kappa shape index (κ3) is 3.75. The maximum Gasteiger partial charge on any atom is 0.573 e. The molecule has 1 fully saturated rings. The van der Waals surface area contributed by atoms with Crippen LogP contribution >= 0.6 is 0 Å². The van der Waals surface area contributed by atoms with E-state index < -0.39 is 33.0 Å². The standard InChI is InChI=1S/C13H13F3O4S/c14-13(15,16)20-10-6-2-1-5-9(10)12(17)11-7-3-4-8-21(11,18)19/h1-2,5-6,11H,3-4,7-8H2. The Hall–Kier alpha value is -1.57. The molecule has 0 N–H and O–H groups in total. The summed E-state index contributed by atoms with van der Waals surface area (Å²) >= 11 is 0. The highest BCUT2D eigenvalue weighted by Gasteiger charge is 2.38. The summed E-state index contributed by atoms with van der Waals surface area (Å²) in [5.74, 6) is -1.63. The zero-order valence-electron chi connectivity index (χ0n) is 10.9. The highest BCUT2D eigenvalue weighted by atomic mass is 32.2. The molecule has 1 saturated heterocycles. The van der Waals surface area contributed by atoms with E-state index in [4.69, 9.17) is 0 Å². The normalized spacial score (nSPS) is 21.8. The smallest absolute Gasteiger partial charge is 0.405 e. The van der Waals surface area contributed by atoms with Crippen LogP contribution in [0.4, 0.5) is 13.2 Å². The Morgan fingerprint density at radius 3 is 2.48 bits per heavy atom. The van der Waals surface area contributed by atoms with Crippen molar-refractivity contribution in [1.82, 2.24) is 0 Å². The summed E-state index contributed by atoms with van der Waals surface area (Å²) in [7, 11) is -3.62. The summed E-state index contributed by atoms with van der Waals surface area (Å²) in [5.41, 5.74) is -0.356. The van der Waals surface area contributed by atoms with E-state index in [2.05, 4.69) is 4.74 Å². The van der Waals surface area contributed by atoms with Crippen molar-refractivity contribution in [2.24, 2.45) is 0 Å². The van der Waals surface area contributed by atoms with Crippen LogP contribution in [0.15, 0.2) is 24.3 Å². The van der Waals surface area contributed by atoms with Gasteiger partial charge < -0.3 is 4.74 Å². The van der Waals surface area contributed by atoms with Crippen molar-refractivity contribution >= 4 is 15.6 Å². The topological polar surface area (TPSA) is 60.4 Å². The molecule has 1 unspecified atom stereocenters. The molecule has 4 nitrogen and oxygen atoms in total. The molecular weight excluding hydrogens is 309 g/mol. The monoisotopic (exact) mass is 322 g/mol. The van der Waals surface area contributed by atoms with Crippen molar-refractivity contribution < 1.29 is 31.1 Å². The minimum absolute atomic E-state index is 0.119. The number of carbonyl (C=O) groups is 1. The molecule has 0 aromatic heterocycles. The first-order valence-corrected chi connectivity index (χ1v) is 8.03. The number of halogens is 3. The van der Waals surface area contributed by atoms with Crippen molar-refractivity contribution in [1.29, 1.82) is 0 Å². The number of hydrogen-bond acceptors (Lipinski definition) is 4. The number of sulfone groups is 1. The maximum atomic E-state index is 12.3. The zero-order chi connectivity index (χ0) is 15.7. The van der Waals surface area contributed by atoms with Gasteiger partial charge in [0.15, 0.2) is 15.6 Å². The lowest BCUT2D eigenvalue weighted by molar-refractivity contribution is -0.274. The van der Waals surface area contributed by atoms with Crippen LogP contribution in [0.1, 0.15) is 29.6 Å². The van der Waals surface area contributed by atoms with Gasteiger partial charge in [-0.15, -0.1) is 13.2 Å². The Bertz CT molecular complexity index is 637. The first-order valence-electron chi connectivity index (χ1n) is 6.31. The highest BCUT2D eigenvalue weighted by molar-refractivity contribution is 7.92. The van der Waals surface area contributed by atoms with Gasteiger partial charge in [-0.05, 0) is 25.0 Å². The average molecular weight is 322 g/mol. The van der Waals surface area contributed by atoms with E-state index in [1.165, 1.54) is 12.1 Å². The average Bonchev–Trinajstić information content (AvgIpc) is 2.36. The van der Waals surface area contributed by atoms with Gasteiger partial charge in [-0.1, -0.05) is 18.6 Å². The van der Waals surface area contributed by atoms with Crippen LogP contribution in [-0.4, -0.2) is 31.6 Å². The molecule has 8 heteroatoms. The molecule has 0 aliphatic carbocycles. The Balaban J connectivity index is 2.35. The quantitative estimate of drug-likeness (QED) is 0.803. The van der Waals surface area contributed by atoms with Gasteiger partial charge in [-0.3, -0.25) is 4.79 Å². The predicted molar refractivity (Wildman–Crippen MR) is 68.9 cm³/mol. The molecule has 1 aromatic carbocycles. The Morgan fingerprint density at radius 2 is 1.86 bits per heavy atom. The van der Waals surface area contributed by atoms with E-state index in [1.807, 2.05) is 0 Å². The van der Waals surface area contributed by atoms with E-state index in [0.29, 0.717) is 12.8 Å². The number of alkyl halides is 3. The fourth-order valence-electron chi connectivity index (χ4n) is 2.31. The van der Waals surface area contributed by atoms with Crippen molar-refractivity contribution in [2.75, 3.05) is 5.75 Å². The molecule has 1 aliphatic rings. The second kappa shape index (κ2) is 5.67. The van der Waals surface area contributed by atoms with Crippen molar-refractivity contribution in [2.45, 2.75) is 30.9 Å². The van der Waals surface area contributed by atoms with Gasteiger partial charge in [-0.25, -0.2) is 8.42 Å². The van der Waals surface area contributed by atoms with Crippen LogP contribution in [0.2, 0.25) is 0 Å². The number of Topliss-reactive ketones (excluding diaryl/α,β-unsaturated/α-hetero) is 1. The van der Waals surface area contributed by atoms with Gasteiger partial charge in [0, 0.05) is 0 Å². The van der Waals surface area contributed by atoms with Gasteiger partial charge >= 0.3 is 6.36 Å². The molecule has 1 atom stereocenters. The lowest BCUT2D eigenvalue weighted by Crippen LogP contribution is -2.36. The summed E-state index contributed by atoms with van der Waals surface area (Å²) in [6.07, 6.45) is -3.80.